The zero-order chi connectivity index (χ0) is 19.5. The molecule has 0 aromatic heterocycles. The molecule has 2 aromatic rings. The number of ether oxygens (including phenoxy) is 1. The van der Waals surface area contributed by atoms with E-state index in [1.165, 1.54) is 24.1 Å². The van der Waals surface area contributed by atoms with E-state index in [1.807, 2.05) is 4.90 Å². The van der Waals surface area contributed by atoms with Gasteiger partial charge in [0.25, 0.3) is 0 Å². The maximum Gasteiger partial charge on any atom is 0.227 e. The molecule has 1 fully saturated rings. The fourth-order valence-electron chi connectivity index (χ4n) is 4.09. The van der Waals surface area contributed by atoms with Crippen LogP contribution in [0, 0.1) is 0 Å². The monoisotopic (exact) mass is 378 g/mol. The van der Waals surface area contributed by atoms with Crippen LogP contribution in [0.25, 0.3) is 0 Å². The first-order valence-electron chi connectivity index (χ1n) is 10.0. The normalized spacial score (nSPS) is 15.6. The van der Waals surface area contributed by atoms with Gasteiger partial charge in [0.05, 0.1) is 7.11 Å². The van der Waals surface area contributed by atoms with Crippen LogP contribution < -0.4 is 14.5 Å². The van der Waals surface area contributed by atoms with E-state index in [0.717, 1.165) is 25.2 Å². The molecule has 2 heterocycles. The van der Waals surface area contributed by atoms with Crippen LogP contribution in [0.5, 0.6) is 5.75 Å². The first-order chi connectivity index (χ1) is 13.7. The maximum absolute atomic E-state index is 12.8. The number of hydrogen-bond donors (Lipinski definition) is 0. The second kappa shape index (κ2) is 8.05. The summed E-state index contributed by atoms with van der Waals surface area (Å²) < 4.78 is 5.17. The number of fused-ring (bicyclic) bond motifs is 1. The number of methoxy groups -OCH3 is 1. The number of Topliss-reactive ketones (excluding diaryl/α,β-unsaturated/α-hetero) is 1. The number of carbonyl (C=O) groups is 2. The van der Waals surface area contributed by atoms with Crippen LogP contribution >= 0.6 is 0 Å². The lowest BCUT2D eigenvalue weighted by Gasteiger charge is -2.22. The summed E-state index contributed by atoms with van der Waals surface area (Å²) in [5.41, 5.74) is 4.02. The quantitative estimate of drug-likeness (QED) is 0.717. The van der Waals surface area contributed by atoms with E-state index in [-0.39, 0.29) is 24.5 Å². The third kappa shape index (κ3) is 3.75. The summed E-state index contributed by atoms with van der Waals surface area (Å²) in [5, 5.41) is 0. The predicted molar refractivity (Wildman–Crippen MR) is 111 cm³/mol. The summed E-state index contributed by atoms with van der Waals surface area (Å²) in [7, 11) is 1.58. The highest BCUT2D eigenvalue weighted by Gasteiger charge is 2.26. The van der Waals surface area contributed by atoms with Gasteiger partial charge in [-0.25, -0.2) is 0 Å². The Morgan fingerprint density at radius 3 is 2.61 bits per heavy atom. The minimum Gasteiger partial charge on any atom is -0.497 e. The molecular formula is C23H26N2O3. The molecule has 0 aliphatic carbocycles. The van der Waals surface area contributed by atoms with E-state index in [9.17, 15) is 9.59 Å². The van der Waals surface area contributed by atoms with Crippen LogP contribution in [0.4, 0.5) is 11.4 Å². The molecule has 0 bridgehead atoms. The number of anilines is 2. The molecule has 1 amide bonds. The molecule has 5 nitrogen and oxygen atoms in total. The Bertz CT molecular complexity index is 887. The van der Waals surface area contributed by atoms with E-state index in [2.05, 4.69) is 23.1 Å². The number of amides is 1. The summed E-state index contributed by atoms with van der Waals surface area (Å²) in [6.07, 6.45) is 3.77. The van der Waals surface area contributed by atoms with Crippen molar-refractivity contribution in [3.8, 4) is 5.75 Å². The molecule has 0 radical (unpaired) electrons. The first-order valence-corrected chi connectivity index (χ1v) is 10.0. The van der Waals surface area contributed by atoms with Crippen LogP contribution in [0.15, 0.2) is 42.5 Å². The molecule has 0 saturated carbocycles. The zero-order valence-corrected chi connectivity index (χ0v) is 16.3. The van der Waals surface area contributed by atoms with Crippen molar-refractivity contribution in [2.75, 3.05) is 36.5 Å². The summed E-state index contributed by atoms with van der Waals surface area (Å²) in [5.74, 6) is 0.645. The number of ketones is 1. The van der Waals surface area contributed by atoms with Crippen LogP contribution in [-0.2, 0) is 11.2 Å². The molecule has 0 N–H and O–H groups in total. The Labute approximate surface area is 165 Å². The van der Waals surface area contributed by atoms with Crippen molar-refractivity contribution in [3.05, 3.63) is 53.6 Å². The van der Waals surface area contributed by atoms with Gasteiger partial charge in [0.2, 0.25) is 5.91 Å². The first kappa shape index (κ1) is 18.5. The van der Waals surface area contributed by atoms with Gasteiger partial charge in [-0.3, -0.25) is 9.59 Å². The Kier molecular flexibility index (Phi) is 5.33. The van der Waals surface area contributed by atoms with Gasteiger partial charge < -0.3 is 14.5 Å². The molecule has 0 spiro atoms. The van der Waals surface area contributed by atoms with Crippen LogP contribution in [0.2, 0.25) is 0 Å². The Morgan fingerprint density at radius 2 is 1.82 bits per heavy atom. The third-order valence-corrected chi connectivity index (χ3v) is 5.69. The minimum atomic E-state index is -0.0301. The fraction of sp³-hybridized carbons (Fsp3) is 0.391. The number of carbonyl (C=O) groups excluding carboxylic acids is 2. The van der Waals surface area contributed by atoms with Crippen molar-refractivity contribution in [1.82, 2.24) is 0 Å². The number of nitrogens with zero attached hydrogens (tertiary/aromatic N) is 2. The van der Waals surface area contributed by atoms with E-state index >= 15 is 0 Å². The molecule has 1 saturated heterocycles. The largest absolute Gasteiger partial charge is 0.497 e. The molecule has 0 atom stereocenters. The van der Waals surface area contributed by atoms with E-state index in [0.29, 0.717) is 17.9 Å². The van der Waals surface area contributed by atoms with Crippen molar-refractivity contribution in [3.63, 3.8) is 0 Å². The van der Waals surface area contributed by atoms with Gasteiger partial charge in [0, 0.05) is 49.4 Å². The summed E-state index contributed by atoms with van der Waals surface area (Å²) in [6.45, 7) is 2.87. The lowest BCUT2D eigenvalue weighted by atomic mass is 10.1. The van der Waals surface area contributed by atoms with Gasteiger partial charge >= 0.3 is 0 Å². The summed E-state index contributed by atoms with van der Waals surface area (Å²) in [4.78, 5) is 29.5. The van der Waals surface area contributed by atoms with Gasteiger partial charge in [0.15, 0.2) is 5.78 Å². The minimum absolute atomic E-state index is 0.0218. The molecule has 4 rings (SSSR count). The van der Waals surface area contributed by atoms with E-state index in [1.54, 1.807) is 31.4 Å². The number of rotatable bonds is 6. The maximum atomic E-state index is 12.8. The van der Waals surface area contributed by atoms with Gasteiger partial charge in [-0.1, -0.05) is 18.2 Å². The molecule has 2 aromatic carbocycles. The molecule has 5 heteroatoms. The van der Waals surface area contributed by atoms with Crippen molar-refractivity contribution in [2.45, 2.75) is 32.1 Å². The number of benzene rings is 2. The predicted octanol–water partition coefficient (Wildman–Crippen LogP) is 3.85. The smallest absolute Gasteiger partial charge is 0.227 e. The van der Waals surface area contributed by atoms with Crippen LogP contribution in [0.1, 0.15) is 41.6 Å². The van der Waals surface area contributed by atoms with E-state index in [4.69, 9.17) is 4.74 Å². The Morgan fingerprint density at radius 1 is 1.00 bits per heavy atom. The lowest BCUT2D eigenvalue weighted by molar-refractivity contribution is -0.118. The average molecular weight is 378 g/mol. The van der Waals surface area contributed by atoms with Crippen molar-refractivity contribution >= 4 is 23.1 Å². The Hall–Kier alpha value is -2.82. The van der Waals surface area contributed by atoms with Gasteiger partial charge in [-0.15, -0.1) is 0 Å². The second-order valence-corrected chi connectivity index (χ2v) is 7.46. The SMILES string of the molecule is COc1cccc(C(=O)CCC(=O)N2CCc3ccc(N4CCCC4)cc32)c1. The summed E-state index contributed by atoms with van der Waals surface area (Å²) >= 11 is 0. The molecule has 28 heavy (non-hydrogen) atoms. The molecule has 0 unspecified atom stereocenters. The van der Waals surface area contributed by atoms with Gasteiger partial charge in [-0.05, 0) is 49.1 Å². The molecular weight excluding hydrogens is 352 g/mol. The summed E-state index contributed by atoms with van der Waals surface area (Å²) in [6, 6.07) is 13.6. The Balaban J connectivity index is 1.42. The highest BCUT2D eigenvalue weighted by Crippen LogP contribution is 2.34. The standard InChI is InChI=1S/C23H26N2O3/c1-28-20-6-4-5-18(15-20)22(26)9-10-23(27)25-14-11-17-7-8-19(16-21(17)25)24-12-2-3-13-24/h4-8,15-16H,2-3,9-14H2,1H3. The van der Waals surface area contributed by atoms with E-state index < -0.39 is 0 Å². The highest BCUT2D eigenvalue weighted by molar-refractivity contribution is 6.01. The second-order valence-electron chi connectivity index (χ2n) is 7.46. The molecule has 2 aliphatic heterocycles. The molecule has 2 aliphatic rings. The van der Waals surface area contributed by atoms with Gasteiger partial charge in [0.1, 0.15) is 5.75 Å². The van der Waals surface area contributed by atoms with Gasteiger partial charge in [-0.2, -0.15) is 0 Å². The zero-order valence-electron chi connectivity index (χ0n) is 16.3. The number of hydrogen-bond acceptors (Lipinski definition) is 4. The van der Waals surface area contributed by atoms with Crippen molar-refractivity contribution in [1.29, 1.82) is 0 Å². The topological polar surface area (TPSA) is 49.9 Å². The lowest BCUT2D eigenvalue weighted by Crippen LogP contribution is -2.29. The third-order valence-electron chi connectivity index (χ3n) is 5.69. The average Bonchev–Trinajstić information content (AvgIpc) is 3.41. The molecule has 146 valence electrons. The van der Waals surface area contributed by atoms with Crippen LogP contribution in [-0.4, -0.2) is 38.4 Å². The van der Waals surface area contributed by atoms with Crippen LogP contribution in [0.3, 0.4) is 0 Å². The highest BCUT2D eigenvalue weighted by atomic mass is 16.5. The van der Waals surface area contributed by atoms with Crippen molar-refractivity contribution < 1.29 is 14.3 Å². The van der Waals surface area contributed by atoms with Crippen molar-refractivity contribution in [2.24, 2.45) is 0 Å². The fourth-order valence-corrected chi connectivity index (χ4v) is 4.09.